The first-order valence-electron chi connectivity index (χ1n) is 6.27. The molecule has 0 radical (unpaired) electrons. The second-order valence-corrected chi connectivity index (χ2v) is 4.60. The van der Waals surface area contributed by atoms with Crippen molar-refractivity contribution in [3.63, 3.8) is 0 Å². The van der Waals surface area contributed by atoms with Gasteiger partial charge >= 0.3 is 0 Å². The highest BCUT2D eigenvalue weighted by Crippen LogP contribution is 2.28. The summed E-state index contributed by atoms with van der Waals surface area (Å²) in [4.78, 5) is 3.39. The summed E-state index contributed by atoms with van der Waals surface area (Å²) in [7, 11) is 0. The molecule has 0 amide bonds. The Labute approximate surface area is 102 Å². The number of hydrogen-bond donors (Lipinski definition) is 3. The highest BCUT2D eigenvalue weighted by molar-refractivity contribution is 5.85. The van der Waals surface area contributed by atoms with Crippen molar-refractivity contribution in [3.05, 3.63) is 35.5 Å². The molecule has 5 N–H and O–H groups in total. The Morgan fingerprint density at radius 3 is 2.76 bits per heavy atom. The minimum Gasteiger partial charge on any atom is -0.358 e. The van der Waals surface area contributed by atoms with Gasteiger partial charge < -0.3 is 16.5 Å². The van der Waals surface area contributed by atoms with Crippen LogP contribution in [0.3, 0.4) is 0 Å². The van der Waals surface area contributed by atoms with E-state index < -0.39 is 0 Å². The summed E-state index contributed by atoms with van der Waals surface area (Å²) >= 11 is 0. The average Bonchev–Trinajstić information content (AvgIpc) is 2.65. The highest BCUT2D eigenvalue weighted by atomic mass is 14.7. The lowest BCUT2D eigenvalue weighted by atomic mass is 9.99. The van der Waals surface area contributed by atoms with E-state index in [0.717, 1.165) is 25.8 Å². The molecule has 0 bridgehead atoms. The van der Waals surface area contributed by atoms with E-state index in [1.807, 2.05) is 6.07 Å². The van der Waals surface area contributed by atoms with Gasteiger partial charge in [-0.15, -0.1) is 0 Å². The van der Waals surface area contributed by atoms with Crippen LogP contribution in [0.25, 0.3) is 10.9 Å². The molecule has 1 aromatic heterocycles. The van der Waals surface area contributed by atoms with Crippen LogP contribution in [-0.2, 0) is 0 Å². The SMILES string of the molecule is Cc1[nH]c2ccccc2c1[C@@H](N)CCCCN. The first-order valence-corrected chi connectivity index (χ1v) is 6.27. The van der Waals surface area contributed by atoms with E-state index in [1.165, 1.54) is 22.2 Å². The van der Waals surface area contributed by atoms with Gasteiger partial charge in [0.25, 0.3) is 0 Å². The number of para-hydroxylation sites is 1. The molecule has 0 aliphatic carbocycles. The van der Waals surface area contributed by atoms with Crippen LogP contribution in [0, 0.1) is 6.92 Å². The summed E-state index contributed by atoms with van der Waals surface area (Å²) in [5, 5.41) is 1.25. The Morgan fingerprint density at radius 2 is 2.00 bits per heavy atom. The zero-order valence-electron chi connectivity index (χ0n) is 10.4. The van der Waals surface area contributed by atoms with Crippen molar-refractivity contribution < 1.29 is 0 Å². The second kappa shape index (κ2) is 5.34. The number of aromatic amines is 1. The molecular formula is C14H21N3. The van der Waals surface area contributed by atoms with E-state index >= 15 is 0 Å². The maximum atomic E-state index is 6.29. The maximum absolute atomic E-state index is 6.29. The number of unbranched alkanes of at least 4 members (excludes halogenated alkanes) is 1. The van der Waals surface area contributed by atoms with Crippen LogP contribution >= 0.6 is 0 Å². The van der Waals surface area contributed by atoms with E-state index in [1.54, 1.807) is 0 Å². The fraction of sp³-hybridized carbons (Fsp3) is 0.429. The van der Waals surface area contributed by atoms with Gasteiger partial charge in [-0.05, 0) is 37.9 Å². The van der Waals surface area contributed by atoms with Gasteiger partial charge in [0.2, 0.25) is 0 Å². The Hall–Kier alpha value is -1.32. The van der Waals surface area contributed by atoms with Crippen LogP contribution in [0.2, 0.25) is 0 Å². The number of rotatable bonds is 5. The van der Waals surface area contributed by atoms with E-state index in [9.17, 15) is 0 Å². The third-order valence-electron chi connectivity index (χ3n) is 3.28. The van der Waals surface area contributed by atoms with Crippen LogP contribution in [0.1, 0.15) is 36.6 Å². The Balaban J connectivity index is 2.24. The Kier molecular flexibility index (Phi) is 3.82. The maximum Gasteiger partial charge on any atom is 0.0459 e. The van der Waals surface area contributed by atoms with Gasteiger partial charge in [-0.2, -0.15) is 0 Å². The minimum absolute atomic E-state index is 0.109. The monoisotopic (exact) mass is 231 g/mol. The van der Waals surface area contributed by atoms with Crippen LogP contribution in [-0.4, -0.2) is 11.5 Å². The molecule has 0 saturated heterocycles. The molecule has 0 unspecified atom stereocenters. The van der Waals surface area contributed by atoms with Crippen molar-refractivity contribution in [3.8, 4) is 0 Å². The molecule has 0 aliphatic rings. The number of hydrogen-bond acceptors (Lipinski definition) is 2. The molecule has 0 spiro atoms. The van der Waals surface area contributed by atoms with Gasteiger partial charge in [-0.1, -0.05) is 24.6 Å². The van der Waals surface area contributed by atoms with E-state index in [0.29, 0.717) is 0 Å². The van der Waals surface area contributed by atoms with Crippen LogP contribution in [0.15, 0.2) is 24.3 Å². The van der Waals surface area contributed by atoms with Crippen molar-refractivity contribution >= 4 is 10.9 Å². The number of nitrogens with two attached hydrogens (primary N) is 2. The van der Waals surface area contributed by atoms with Crippen LogP contribution in [0.4, 0.5) is 0 Å². The Bertz CT molecular complexity index is 487. The summed E-state index contributed by atoms with van der Waals surface area (Å²) in [6.07, 6.45) is 3.14. The van der Waals surface area contributed by atoms with E-state index in [2.05, 4.69) is 30.1 Å². The predicted molar refractivity (Wildman–Crippen MR) is 72.9 cm³/mol. The molecule has 0 aliphatic heterocycles. The molecule has 17 heavy (non-hydrogen) atoms. The molecule has 3 heteroatoms. The van der Waals surface area contributed by atoms with Crippen LogP contribution in [0.5, 0.6) is 0 Å². The van der Waals surface area contributed by atoms with Gasteiger partial charge in [0, 0.05) is 22.6 Å². The zero-order chi connectivity index (χ0) is 12.3. The molecule has 2 rings (SSSR count). The van der Waals surface area contributed by atoms with Crippen molar-refractivity contribution in [1.82, 2.24) is 4.98 Å². The molecule has 92 valence electrons. The number of aryl methyl sites for hydroxylation is 1. The lowest BCUT2D eigenvalue weighted by Crippen LogP contribution is -2.11. The number of benzene rings is 1. The zero-order valence-corrected chi connectivity index (χ0v) is 10.4. The van der Waals surface area contributed by atoms with Crippen molar-refractivity contribution in [2.75, 3.05) is 6.54 Å². The fourth-order valence-electron chi connectivity index (χ4n) is 2.43. The normalized spacial score (nSPS) is 13.1. The molecule has 2 aromatic rings. The standard InChI is InChI=1S/C14H21N3/c1-10-14(12(16)7-4-5-9-15)11-6-2-3-8-13(11)17-10/h2-3,6,8,12,17H,4-5,7,9,15-16H2,1H3/t12-/m0/s1. The topological polar surface area (TPSA) is 67.8 Å². The summed E-state index contributed by atoms with van der Waals surface area (Å²) in [6, 6.07) is 8.45. The molecule has 0 saturated carbocycles. The van der Waals surface area contributed by atoms with Crippen molar-refractivity contribution in [2.24, 2.45) is 11.5 Å². The minimum atomic E-state index is 0.109. The van der Waals surface area contributed by atoms with Gasteiger partial charge in [0.1, 0.15) is 0 Å². The lowest BCUT2D eigenvalue weighted by molar-refractivity contribution is 0.591. The predicted octanol–water partition coefficient (Wildman–Crippen LogP) is 2.61. The molecule has 1 atom stereocenters. The number of H-pyrrole nitrogens is 1. The molecule has 3 nitrogen and oxygen atoms in total. The van der Waals surface area contributed by atoms with Gasteiger partial charge in [-0.25, -0.2) is 0 Å². The van der Waals surface area contributed by atoms with Crippen LogP contribution < -0.4 is 11.5 Å². The number of aromatic nitrogens is 1. The third kappa shape index (κ3) is 2.51. The third-order valence-corrected chi connectivity index (χ3v) is 3.28. The summed E-state index contributed by atoms with van der Waals surface area (Å²) in [5.41, 5.74) is 15.4. The fourth-order valence-corrected chi connectivity index (χ4v) is 2.43. The van der Waals surface area contributed by atoms with Gasteiger partial charge in [0.05, 0.1) is 0 Å². The lowest BCUT2D eigenvalue weighted by Gasteiger charge is -2.12. The second-order valence-electron chi connectivity index (χ2n) is 4.60. The summed E-state index contributed by atoms with van der Waals surface area (Å²) in [6.45, 7) is 2.84. The summed E-state index contributed by atoms with van der Waals surface area (Å²) < 4.78 is 0. The van der Waals surface area contributed by atoms with E-state index in [4.69, 9.17) is 11.5 Å². The first kappa shape index (κ1) is 12.1. The van der Waals surface area contributed by atoms with Gasteiger partial charge in [-0.3, -0.25) is 0 Å². The average molecular weight is 231 g/mol. The van der Waals surface area contributed by atoms with Crippen molar-refractivity contribution in [2.45, 2.75) is 32.2 Å². The highest BCUT2D eigenvalue weighted by Gasteiger charge is 2.14. The van der Waals surface area contributed by atoms with Crippen molar-refractivity contribution in [1.29, 1.82) is 0 Å². The molecule has 1 aromatic carbocycles. The molecular weight excluding hydrogens is 210 g/mol. The number of fused-ring (bicyclic) bond motifs is 1. The quantitative estimate of drug-likeness (QED) is 0.692. The molecule has 0 fully saturated rings. The summed E-state index contributed by atoms with van der Waals surface area (Å²) in [5.74, 6) is 0. The van der Waals surface area contributed by atoms with Gasteiger partial charge in [0.15, 0.2) is 0 Å². The first-order chi connectivity index (χ1) is 8.24. The van der Waals surface area contributed by atoms with E-state index in [-0.39, 0.29) is 6.04 Å². The Morgan fingerprint density at radius 1 is 1.24 bits per heavy atom. The smallest absolute Gasteiger partial charge is 0.0459 e. The largest absolute Gasteiger partial charge is 0.358 e. The molecule has 1 heterocycles. The number of nitrogens with one attached hydrogen (secondary N) is 1.